The number of Topliss-reactive ketones (excluding diaryl/α,β-unsaturated/α-hetero) is 1. The maximum atomic E-state index is 13.4. The summed E-state index contributed by atoms with van der Waals surface area (Å²) in [5, 5.41) is 11.8. The lowest BCUT2D eigenvalue weighted by Gasteiger charge is -2.26. The van der Waals surface area contributed by atoms with Crippen LogP contribution >= 0.6 is 11.6 Å². The summed E-state index contributed by atoms with van der Waals surface area (Å²) in [7, 11) is 0. The van der Waals surface area contributed by atoms with E-state index in [-0.39, 0.29) is 17.4 Å². The van der Waals surface area contributed by atoms with Crippen LogP contribution in [0.15, 0.2) is 72.3 Å². The van der Waals surface area contributed by atoms with Crippen LogP contribution in [0.25, 0.3) is 5.76 Å². The van der Waals surface area contributed by atoms with E-state index >= 15 is 0 Å². The summed E-state index contributed by atoms with van der Waals surface area (Å²) < 4.78 is 11.5. The molecule has 36 heavy (non-hydrogen) atoms. The first-order valence-electron chi connectivity index (χ1n) is 11.8. The molecule has 1 aliphatic rings. The lowest BCUT2D eigenvalue weighted by Crippen LogP contribution is -2.29. The van der Waals surface area contributed by atoms with Gasteiger partial charge in [0.25, 0.3) is 11.7 Å². The van der Waals surface area contributed by atoms with Crippen molar-refractivity contribution in [1.29, 1.82) is 0 Å². The molecule has 7 heteroatoms. The molecule has 0 bridgehead atoms. The number of hydrogen-bond acceptors (Lipinski definition) is 5. The molecule has 4 rings (SSSR count). The number of amides is 1. The summed E-state index contributed by atoms with van der Waals surface area (Å²) in [6.45, 7) is 8.06. The molecule has 1 saturated heterocycles. The van der Waals surface area contributed by atoms with Gasteiger partial charge in [-0.3, -0.25) is 14.5 Å². The number of benzene rings is 3. The first-order chi connectivity index (χ1) is 17.2. The Balaban J connectivity index is 1.90. The van der Waals surface area contributed by atoms with Crippen LogP contribution in [0.1, 0.15) is 43.5 Å². The second-order valence-electron chi connectivity index (χ2n) is 8.80. The summed E-state index contributed by atoms with van der Waals surface area (Å²) in [6.07, 6.45) is -0.0104. The maximum Gasteiger partial charge on any atom is 0.300 e. The molecule has 6 nitrogen and oxygen atoms in total. The zero-order chi connectivity index (χ0) is 26.0. The standard InChI is InChI=1S/C29H28ClNO5/c1-5-35-23-11-6-8-19(15-23)26-25(27(32)20-12-13-24(18(4)14-20)36-17(2)3)28(33)29(34)31(26)22-10-7-9-21(30)16-22/h6-17,26,32H,5H2,1-4H3/b27-25+. The Morgan fingerprint density at radius 1 is 1.06 bits per heavy atom. The van der Waals surface area contributed by atoms with Crippen molar-refractivity contribution in [3.8, 4) is 11.5 Å². The van der Waals surface area contributed by atoms with E-state index in [1.165, 1.54) is 4.90 Å². The van der Waals surface area contributed by atoms with Gasteiger partial charge in [-0.2, -0.15) is 0 Å². The van der Waals surface area contributed by atoms with Crippen molar-refractivity contribution in [1.82, 2.24) is 0 Å². The molecule has 0 saturated carbocycles. The van der Waals surface area contributed by atoms with Crippen molar-refractivity contribution in [3.05, 3.63) is 94.0 Å². The van der Waals surface area contributed by atoms with Gasteiger partial charge >= 0.3 is 0 Å². The minimum Gasteiger partial charge on any atom is -0.507 e. The third-order valence-electron chi connectivity index (χ3n) is 5.83. The number of carbonyl (C=O) groups is 2. The minimum absolute atomic E-state index is 0.00875. The summed E-state index contributed by atoms with van der Waals surface area (Å²) in [6, 6.07) is 18.2. The maximum absolute atomic E-state index is 13.4. The first-order valence-corrected chi connectivity index (χ1v) is 12.2. The van der Waals surface area contributed by atoms with Crippen molar-refractivity contribution >= 4 is 34.7 Å². The largest absolute Gasteiger partial charge is 0.507 e. The lowest BCUT2D eigenvalue weighted by molar-refractivity contribution is -0.132. The van der Waals surface area contributed by atoms with Crippen molar-refractivity contribution in [2.45, 2.75) is 39.8 Å². The van der Waals surface area contributed by atoms with E-state index in [1.807, 2.05) is 27.7 Å². The Kier molecular flexibility index (Phi) is 7.36. The SMILES string of the molecule is CCOc1cccc(C2/C(=C(\O)c3ccc(OC(C)C)c(C)c3)C(=O)C(=O)N2c2cccc(Cl)c2)c1. The van der Waals surface area contributed by atoms with E-state index < -0.39 is 17.7 Å². The molecule has 1 heterocycles. The van der Waals surface area contributed by atoms with Gasteiger partial charge in [0, 0.05) is 16.3 Å². The fraction of sp³-hybridized carbons (Fsp3) is 0.241. The number of aliphatic hydroxyl groups is 1. The van der Waals surface area contributed by atoms with Crippen LogP contribution < -0.4 is 14.4 Å². The smallest absolute Gasteiger partial charge is 0.300 e. The predicted molar refractivity (Wildman–Crippen MR) is 141 cm³/mol. The van der Waals surface area contributed by atoms with Crippen LogP contribution in [-0.4, -0.2) is 29.5 Å². The van der Waals surface area contributed by atoms with Gasteiger partial charge in [0.2, 0.25) is 0 Å². The number of ether oxygens (including phenoxy) is 2. The van der Waals surface area contributed by atoms with Crippen LogP contribution in [0.4, 0.5) is 5.69 Å². The zero-order valence-electron chi connectivity index (χ0n) is 20.6. The van der Waals surface area contributed by atoms with Crippen LogP contribution in [0.3, 0.4) is 0 Å². The molecule has 1 aliphatic heterocycles. The fourth-order valence-electron chi connectivity index (χ4n) is 4.32. The van der Waals surface area contributed by atoms with Gasteiger partial charge in [-0.05, 0) is 87.4 Å². The van der Waals surface area contributed by atoms with Gasteiger partial charge in [0.15, 0.2) is 0 Å². The Bertz CT molecular complexity index is 1350. The Labute approximate surface area is 215 Å². The van der Waals surface area contributed by atoms with E-state index in [1.54, 1.807) is 66.7 Å². The molecule has 0 radical (unpaired) electrons. The average Bonchev–Trinajstić information content (AvgIpc) is 3.10. The van der Waals surface area contributed by atoms with Gasteiger partial charge in [0.05, 0.1) is 24.3 Å². The van der Waals surface area contributed by atoms with Gasteiger partial charge < -0.3 is 14.6 Å². The zero-order valence-corrected chi connectivity index (χ0v) is 21.4. The normalized spacial score (nSPS) is 17.1. The molecule has 3 aromatic carbocycles. The monoisotopic (exact) mass is 505 g/mol. The Hall–Kier alpha value is -3.77. The number of hydrogen-bond donors (Lipinski definition) is 1. The van der Waals surface area contributed by atoms with Crippen LogP contribution in [-0.2, 0) is 9.59 Å². The van der Waals surface area contributed by atoms with E-state index in [0.717, 1.165) is 5.56 Å². The number of aliphatic hydroxyl groups excluding tert-OH is 1. The lowest BCUT2D eigenvalue weighted by atomic mass is 9.94. The fourth-order valence-corrected chi connectivity index (χ4v) is 4.50. The number of aryl methyl sites for hydroxylation is 1. The quantitative estimate of drug-likeness (QED) is 0.226. The number of carbonyl (C=O) groups excluding carboxylic acids is 2. The third-order valence-corrected chi connectivity index (χ3v) is 6.06. The van der Waals surface area contributed by atoms with Crippen molar-refractivity contribution in [3.63, 3.8) is 0 Å². The number of nitrogens with zero attached hydrogens (tertiary/aromatic N) is 1. The molecule has 186 valence electrons. The van der Waals surface area contributed by atoms with Crippen molar-refractivity contribution in [2.24, 2.45) is 0 Å². The third kappa shape index (κ3) is 4.95. The second-order valence-corrected chi connectivity index (χ2v) is 9.24. The molecule has 1 N–H and O–H groups in total. The number of halogens is 1. The number of rotatable bonds is 7. The molecule has 0 spiro atoms. The van der Waals surface area contributed by atoms with Crippen molar-refractivity contribution < 1.29 is 24.2 Å². The molecule has 3 aromatic rings. The highest BCUT2D eigenvalue weighted by atomic mass is 35.5. The van der Waals surface area contributed by atoms with Gasteiger partial charge in [-0.15, -0.1) is 0 Å². The number of anilines is 1. The van der Waals surface area contributed by atoms with Gasteiger partial charge in [-0.1, -0.05) is 29.8 Å². The van der Waals surface area contributed by atoms with Crippen molar-refractivity contribution in [2.75, 3.05) is 11.5 Å². The predicted octanol–water partition coefficient (Wildman–Crippen LogP) is 6.46. The van der Waals surface area contributed by atoms with Gasteiger partial charge in [-0.25, -0.2) is 0 Å². The molecule has 1 amide bonds. The molecule has 1 atom stereocenters. The summed E-state index contributed by atoms with van der Waals surface area (Å²) in [5.74, 6) is -0.509. The van der Waals surface area contributed by atoms with E-state index in [2.05, 4.69) is 0 Å². The highest BCUT2D eigenvalue weighted by molar-refractivity contribution is 6.51. The average molecular weight is 506 g/mol. The topological polar surface area (TPSA) is 76.1 Å². The number of ketones is 1. The van der Waals surface area contributed by atoms with Crippen LogP contribution in [0, 0.1) is 6.92 Å². The Morgan fingerprint density at radius 2 is 1.81 bits per heavy atom. The van der Waals surface area contributed by atoms with Crippen LogP contribution in [0.5, 0.6) is 11.5 Å². The molecule has 0 aliphatic carbocycles. The Morgan fingerprint density at radius 3 is 2.47 bits per heavy atom. The molecule has 1 fully saturated rings. The molecular formula is C29H28ClNO5. The van der Waals surface area contributed by atoms with Crippen LogP contribution in [0.2, 0.25) is 5.02 Å². The van der Waals surface area contributed by atoms with E-state index in [0.29, 0.717) is 39.9 Å². The highest BCUT2D eigenvalue weighted by Gasteiger charge is 2.47. The van der Waals surface area contributed by atoms with E-state index in [4.69, 9.17) is 21.1 Å². The minimum atomic E-state index is -0.879. The summed E-state index contributed by atoms with van der Waals surface area (Å²) in [5.41, 5.74) is 2.28. The molecule has 0 aromatic heterocycles. The molecular weight excluding hydrogens is 478 g/mol. The van der Waals surface area contributed by atoms with Gasteiger partial charge in [0.1, 0.15) is 17.3 Å². The highest BCUT2D eigenvalue weighted by Crippen LogP contribution is 2.43. The van der Waals surface area contributed by atoms with E-state index in [9.17, 15) is 14.7 Å². The first kappa shape index (κ1) is 25.3. The molecule has 1 unspecified atom stereocenters. The summed E-state index contributed by atoms with van der Waals surface area (Å²) in [4.78, 5) is 28.1. The summed E-state index contributed by atoms with van der Waals surface area (Å²) >= 11 is 6.21. The second kappa shape index (κ2) is 10.5.